The van der Waals surface area contributed by atoms with Crippen LogP contribution < -0.4 is 0 Å². The lowest BCUT2D eigenvalue weighted by Crippen LogP contribution is -2.41. The van der Waals surface area contributed by atoms with Gasteiger partial charge in [0, 0.05) is 48.4 Å². The van der Waals surface area contributed by atoms with Crippen molar-refractivity contribution in [1.29, 1.82) is 0 Å². The number of likely N-dealkylation sites (tertiary alicyclic amines) is 1. The second-order valence-electron chi connectivity index (χ2n) is 7.94. The number of ether oxygens (including phenoxy) is 1. The highest BCUT2D eigenvalue weighted by Crippen LogP contribution is 2.31. The third kappa shape index (κ3) is 3.65. The van der Waals surface area contributed by atoms with Crippen LogP contribution in [0.2, 0.25) is 0 Å². The van der Waals surface area contributed by atoms with Crippen molar-refractivity contribution in [2.45, 2.75) is 45.1 Å². The number of aromatic amines is 1. The number of carbonyl (C=O) groups is 1. The first-order valence-corrected chi connectivity index (χ1v) is 9.21. The van der Waals surface area contributed by atoms with Gasteiger partial charge in [-0.3, -0.25) is 5.10 Å². The Morgan fingerprint density at radius 1 is 1.19 bits per heavy atom. The summed E-state index contributed by atoms with van der Waals surface area (Å²) in [4.78, 5) is 18.7. The fraction of sp³-hybridized carbons (Fsp3) is 0.474. The van der Waals surface area contributed by atoms with E-state index in [4.69, 9.17) is 4.74 Å². The first kappa shape index (κ1) is 17.5. The molecule has 1 aliphatic rings. The molecule has 1 amide bonds. The summed E-state index contributed by atoms with van der Waals surface area (Å²) in [5, 5.41) is 11.3. The summed E-state index contributed by atoms with van der Waals surface area (Å²) in [6.07, 6.45) is 10.8. The van der Waals surface area contributed by atoms with Crippen LogP contribution in [-0.4, -0.2) is 54.5 Å². The van der Waals surface area contributed by atoms with E-state index in [1.807, 2.05) is 50.1 Å². The lowest BCUT2D eigenvalue weighted by molar-refractivity contribution is 0.0205. The smallest absolute Gasteiger partial charge is 0.410 e. The predicted molar refractivity (Wildman–Crippen MR) is 100 cm³/mol. The summed E-state index contributed by atoms with van der Waals surface area (Å²) in [7, 11) is 0. The van der Waals surface area contributed by atoms with Crippen LogP contribution in [0.15, 0.2) is 31.0 Å². The molecule has 0 radical (unpaired) electrons. The van der Waals surface area contributed by atoms with Crippen LogP contribution >= 0.6 is 0 Å². The van der Waals surface area contributed by atoms with Crippen molar-refractivity contribution in [3.8, 4) is 11.1 Å². The topological polar surface area (TPSA) is 88.4 Å². The molecular formula is C19H24N6O2. The van der Waals surface area contributed by atoms with E-state index in [0.29, 0.717) is 19.0 Å². The molecule has 1 fully saturated rings. The van der Waals surface area contributed by atoms with Crippen molar-refractivity contribution in [2.24, 2.45) is 0 Å². The number of H-pyrrole nitrogens is 1. The largest absolute Gasteiger partial charge is 0.444 e. The van der Waals surface area contributed by atoms with E-state index in [1.54, 1.807) is 11.1 Å². The first-order chi connectivity index (χ1) is 12.9. The highest BCUT2D eigenvalue weighted by atomic mass is 16.6. The summed E-state index contributed by atoms with van der Waals surface area (Å²) < 4.78 is 7.29. The summed E-state index contributed by atoms with van der Waals surface area (Å²) in [6.45, 7) is 7.04. The molecule has 1 N–H and O–H groups in total. The quantitative estimate of drug-likeness (QED) is 0.750. The monoisotopic (exact) mass is 368 g/mol. The minimum absolute atomic E-state index is 0.233. The Hall–Kier alpha value is -2.90. The molecule has 142 valence electrons. The fourth-order valence-electron chi connectivity index (χ4n) is 3.44. The molecule has 1 saturated heterocycles. The molecule has 27 heavy (non-hydrogen) atoms. The lowest BCUT2D eigenvalue weighted by atomic mass is 9.91. The molecule has 0 bridgehead atoms. The van der Waals surface area contributed by atoms with E-state index < -0.39 is 5.60 Å². The molecule has 4 rings (SSSR count). The minimum atomic E-state index is -0.465. The average molecular weight is 368 g/mol. The van der Waals surface area contributed by atoms with Crippen molar-refractivity contribution in [3.63, 3.8) is 0 Å². The zero-order valence-corrected chi connectivity index (χ0v) is 15.8. The maximum absolute atomic E-state index is 12.2. The predicted octanol–water partition coefficient (Wildman–Crippen LogP) is 3.23. The Labute approximate surface area is 157 Å². The van der Waals surface area contributed by atoms with Gasteiger partial charge in [0.15, 0.2) is 5.65 Å². The van der Waals surface area contributed by atoms with Crippen LogP contribution in [0.1, 0.15) is 45.1 Å². The summed E-state index contributed by atoms with van der Waals surface area (Å²) >= 11 is 0. The number of nitrogens with one attached hydrogen (secondary N) is 1. The van der Waals surface area contributed by atoms with Crippen molar-refractivity contribution >= 4 is 11.7 Å². The Bertz CT molecular complexity index is 933. The van der Waals surface area contributed by atoms with E-state index in [2.05, 4.69) is 20.3 Å². The molecule has 4 heterocycles. The molecule has 8 heteroatoms. The number of hydrogen-bond acceptors (Lipinski definition) is 5. The van der Waals surface area contributed by atoms with Crippen molar-refractivity contribution in [2.75, 3.05) is 13.1 Å². The van der Waals surface area contributed by atoms with Gasteiger partial charge in [0.25, 0.3) is 0 Å². The van der Waals surface area contributed by atoms with Gasteiger partial charge < -0.3 is 9.64 Å². The van der Waals surface area contributed by atoms with E-state index in [0.717, 1.165) is 35.2 Å². The molecule has 3 aromatic heterocycles. The van der Waals surface area contributed by atoms with Crippen molar-refractivity contribution in [1.82, 2.24) is 29.7 Å². The lowest BCUT2D eigenvalue weighted by Gasteiger charge is -2.33. The summed E-state index contributed by atoms with van der Waals surface area (Å²) in [5.74, 6) is 0.341. The van der Waals surface area contributed by atoms with Gasteiger partial charge in [0.1, 0.15) is 5.60 Å². The Kier molecular flexibility index (Phi) is 4.33. The second kappa shape index (κ2) is 6.68. The third-order valence-corrected chi connectivity index (χ3v) is 4.80. The van der Waals surface area contributed by atoms with Crippen molar-refractivity contribution in [3.05, 3.63) is 36.5 Å². The van der Waals surface area contributed by atoms with Crippen LogP contribution in [0.4, 0.5) is 4.79 Å². The van der Waals surface area contributed by atoms with E-state index in [9.17, 15) is 4.79 Å². The van der Waals surface area contributed by atoms with Crippen LogP contribution in [0.3, 0.4) is 0 Å². The molecule has 8 nitrogen and oxygen atoms in total. The normalized spacial score (nSPS) is 16.0. The number of fused-ring (bicyclic) bond motifs is 1. The third-order valence-electron chi connectivity index (χ3n) is 4.80. The molecule has 1 aliphatic heterocycles. The van der Waals surface area contributed by atoms with Gasteiger partial charge >= 0.3 is 6.09 Å². The number of rotatable bonds is 2. The molecule has 0 aliphatic carbocycles. The average Bonchev–Trinajstić information content (AvgIpc) is 3.30. The van der Waals surface area contributed by atoms with Crippen LogP contribution in [0, 0.1) is 0 Å². The molecule has 3 aromatic rings. The molecule has 0 unspecified atom stereocenters. The van der Waals surface area contributed by atoms with Gasteiger partial charge in [-0.05, 0) is 39.5 Å². The number of amides is 1. The number of piperidine rings is 1. The van der Waals surface area contributed by atoms with Crippen molar-refractivity contribution < 1.29 is 9.53 Å². The molecule has 0 spiro atoms. The highest BCUT2D eigenvalue weighted by molar-refractivity contribution is 5.68. The molecule has 0 saturated carbocycles. The minimum Gasteiger partial charge on any atom is -0.444 e. The maximum atomic E-state index is 12.2. The van der Waals surface area contributed by atoms with Crippen LogP contribution in [0.25, 0.3) is 16.8 Å². The number of aromatic nitrogens is 5. The number of carbonyl (C=O) groups excluding carboxylic acids is 1. The standard InChI is InChI=1S/C19H24N6O2/c1-19(2,3)27-18(26)24-6-4-13(5-7-24)16-11-23-25-12-15(8-20-17(16)25)14-9-21-22-10-14/h8-13H,4-7H2,1-3H3,(H,21,22). The summed E-state index contributed by atoms with van der Waals surface area (Å²) in [5.41, 5.74) is 3.49. The number of nitrogens with zero attached hydrogens (tertiary/aromatic N) is 5. The maximum Gasteiger partial charge on any atom is 0.410 e. The SMILES string of the molecule is CC(C)(C)OC(=O)N1CCC(c2cnn3cc(-c4cn[nH]c4)cnc23)CC1. The second-order valence-corrected chi connectivity index (χ2v) is 7.94. The van der Waals surface area contributed by atoms with Crippen LogP contribution in [-0.2, 0) is 4.74 Å². The number of hydrogen-bond donors (Lipinski definition) is 1. The van der Waals surface area contributed by atoms with Gasteiger partial charge in [-0.15, -0.1) is 0 Å². The first-order valence-electron chi connectivity index (χ1n) is 9.21. The Morgan fingerprint density at radius 3 is 2.63 bits per heavy atom. The van der Waals surface area contributed by atoms with E-state index >= 15 is 0 Å². The molecular weight excluding hydrogens is 344 g/mol. The molecule has 0 aromatic carbocycles. The van der Waals surface area contributed by atoms with E-state index in [1.165, 1.54) is 0 Å². The van der Waals surface area contributed by atoms with Gasteiger partial charge in [-0.2, -0.15) is 10.2 Å². The Morgan fingerprint density at radius 2 is 1.96 bits per heavy atom. The summed E-state index contributed by atoms with van der Waals surface area (Å²) in [6, 6.07) is 0. The highest BCUT2D eigenvalue weighted by Gasteiger charge is 2.29. The van der Waals surface area contributed by atoms with E-state index in [-0.39, 0.29) is 6.09 Å². The van der Waals surface area contributed by atoms with Gasteiger partial charge in [0.2, 0.25) is 0 Å². The zero-order chi connectivity index (χ0) is 19.0. The zero-order valence-electron chi connectivity index (χ0n) is 15.8. The van der Waals surface area contributed by atoms with Crippen LogP contribution in [0.5, 0.6) is 0 Å². The van der Waals surface area contributed by atoms with Gasteiger partial charge in [0.05, 0.1) is 12.4 Å². The Balaban J connectivity index is 1.47. The fourth-order valence-corrected chi connectivity index (χ4v) is 3.44. The molecule has 0 atom stereocenters. The van der Waals surface area contributed by atoms with Gasteiger partial charge in [-0.25, -0.2) is 14.3 Å². The van der Waals surface area contributed by atoms with Gasteiger partial charge in [-0.1, -0.05) is 0 Å².